The summed E-state index contributed by atoms with van der Waals surface area (Å²) in [6.07, 6.45) is 7.10. The first-order valence-corrected chi connectivity index (χ1v) is 10.7. The van der Waals surface area contributed by atoms with Crippen LogP contribution in [0.3, 0.4) is 0 Å². The summed E-state index contributed by atoms with van der Waals surface area (Å²) in [5.74, 6) is 0.0607. The van der Waals surface area contributed by atoms with E-state index in [-0.39, 0.29) is 22.9 Å². The van der Waals surface area contributed by atoms with E-state index >= 15 is 0 Å². The van der Waals surface area contributed by atoms with Gasteiger partial charge < -0.3 is 14.5 Å². The van der Waals surface area contributed by atoms with Gasteiger partial charge in [0.2, 0.25) is 0 Å². The number of nitrogens with zero attached hydrogens (tertiary/aromatic N) is 3. The number of rotatable bonds is 5. The van der Waals surface area contributed by atoms with Crippen molar-refractivity contribution in [2.24, 2.45) is 0 Å². The molecule has 31 heavy (non-hydrogen) atoms. The summed E-state index contributed by atoms with van der Waals surface area (Å²) in [7, 11) is 0. The first kappa shape index (κ1) is 19.4. The van der Waals surface area contributed by atoms with Gasteiger partial charge in [0.15, 0.2) is 0 Å². The summed E-state index contributed by atoms with van der Waals surface area (Å²) >= 11 is 0. The van der Waals surface area contributed by atoms with Crippen molar-refractivity contribution >= 4 is 16.8 Å². The second-order valence-corrected chi connectivity index (χ2v) is 8.23. The lowest BCUT2D eigenvalue weighted by atomic mass is 10.1. The van der Waals surface area contributed by atoms with Gasteiger partial charge in [0, 0.05) is 60.7 Å². The highest BCUT2D eigenvalue weighted by atomic mass is 16.2. The maximum absolute atomic E-state index is 13.2. The zero-order chi connectivity index (χ0) is 21.4. The lowest BCUT2D eigenvalue weighted by Gasteiger charge is -2.18. The number of fused-ring (bicyclic) bond motifs is 1. The fourth-order valence-corrected chi connectivity index (χ4v) is 4.53. The van der Waals surface area contributed by atoms with Crippen LogP contribution in [-0.2, 0) is 13.0 Å². The van der Waals surface area contributed by atoms with Gasteiger partial charge in [0.05, 0.1) is 0 Å². The van der Waals surface area contributed by atoms with Gasteiger partial charge >= 0.3 is 0 Å². The fourth-order valence-electron chi connectivity index (χ4n) is 4.53. The van der Waals surface area contributed by atoms with Crippen LogP contribution in [0, 0.1) is 6.92 Å². The second kappa shape index (κ2) is 7.91. The van der Waals surface area contributed by atoms with Crippen LogP contribution in [0.2, 0.25) is 0 Å². The van der Waals surface area contributed by atoms with Crippen LogP contribution >= 0.6 is 0 Å². The molecule has 4 heterocycles. The molecule has 0 bridgehead atoms. The summed E-state index contributed by atoms with van der Waals surface area (Å²) in [6, 6.07) is 12.0. The highest BCUT2D eigenvalue weighted by Gasteiger charge is 2.30. The summed E-state index contributed by atoms with van der Waals surface area (Å²) in [5.41, 5.74) is 4.09. The third-order valence-corrected chi connectivity index (χ3v) is 6.32. The average molecular weight is 415 g/mol. The van der Waals surface area contributed by atoms with E-state index < -0.39 is 0 Å². The molecule has 7 nitrogen and oxygen atoms in total. The van der Waals surface area contributed by atoms with Crippen molar-refractivity contribution in [3.63, 3.8) is 0 Å². The molecule has 0 saturated carbocycles. The number of para-hydroxylation sites is 1. The Labute approximate surface area is 179 Å². The number of pyridine rings is 1. The SMILES string of the molecule is Cc1ccn(CCc2c[nH]c3ccccc23)c(=O)c1C(=O)N1CCC(c2ccn[nH]2)C1. The van der Waals surface area contributed by atoms with Crippen LogP contribution in [-0.4, -0.2) is 43.6 Å². The molecular weight excluding hydrogens is 390 g/mol. The number of hydrogen-bond acceptors (Lipinski definition) is 3. The van der Waals surface area contributed by atoms with Gasteiger partial charge in [-0.1, -0.05) is 18.2 Å². The highest BCUT2D eigenvalue weighted by Crippen LogP contribution is 2.26. The van der Waals surface area contributed by atoms with Gasteiger partial charge in [-0.3, -0.25) is 14.7 Å². The number of benzene rings is 1. The predicted molar refractivity (Wildman–Crippen MR) is 119 cm³/mol. The number of likely N-dealkylation sites (tertiary alicyclic amines) is 1. The number of H-pyrrole nitrogens is 2. The Balaban J connectivity index is 1.36. The predicted octanol–water partition coefficient (Wildman–Crippen LogP) is 3.23. The van der Waals surface area contributed by atoms with Crippen molar-refractivity contribution in [2.75, 3.05) is 13.1 Å². The molecule has 0 radical (unpaired) electrons. The Kier molecular flexibility index (Phi) is 4.94. The van der Waals surface area contributed by atoms with Crippen LogP contribution in [0.15, 0.2) is 59.8 Å². The number of amides is 1. The minimum atomic E-state index is -0.213. The first-order chi connectivity index (χ1) is 15.1. The molecule has 1 atom stereocenters. The molecule has 4 aromatic rings. The number of carbonyl (C=O) groups is 1. The molecule has 1 saturated heterocycles. The number of hydrogen-bond donors (Lipinski definition) is 2. The molecule has 0 spiro atoms. The van der Waals surface area contributed by atoms with Crippen molar-refractivity contribution in [1.29, 1.82) is 0 Å². The Bertz CT molecular complexity index is 1290. The number of nitrogens with one attached hydrogen (secondary N) is 2. The van der Waals surface area contributed by atoms with E-state index in [0.717, 1.165) is 28.8 Å². The third kappa shape index (κ3) is 3.56. The van der Waals surface area contributed by atoms with Crippen LogP contribution in [0.5, 0.6) is 0 Å². The van der Waals surface area contributed by atoms with Crippen LogP contribution < -0.4 is 5.56 Å². The van der Waals surface area contributed by atoms with Crippen molar-refractivity contribution in [3.05, 3.63) is 87.7 Å². The van der Waals surface area contributed by atoms with Gasteiger partial charge in [0.1, 0.15) is 5.56 Å². The Morgan fingerprint density at radius 3 is 2.94 bits per heavy atom. The van der Waals surface area contributed by atoms with Crippen molar-refractivity contribution in [1.82, 2.24) is 24.6 Å². The maximum Gasteiger partial charge on any atom is 0.263 e. The maximum atomic E-state index is 13.2. The molecule has 2 N–H and O–H groups in total. The minimum Gasteiger partial charge on any atom is -0.361 e. The third-order valence-electron chi connectivity index (χ3n) is 6.32. The zero-order valence-electron chi connectivity index (χ0n) is 17.5. The van der Waals surface area contributed by atoms with E-state index in [1.54, 1.807) is 21.9 Å². The van der Waals surface area contributed by atoms with E-state index in [0.29, 0.717) is 26.1 Å². The van der Waals surface area contributed by atoms with Gasteiger partial charge in [-0.15, -0.1) is 0 Å². The van der Waals surface area contributed by atoms with Crippen LogP contribution in [0.4, 0.5) is 0 Å². The van der Waals surface area contributed by atoms with Crippen LogP contribution in [0.1, 0.15) is 39.5 Å². The molecule has 158 valence electrons. The average Bonchev–Trinajstić information content (AvgIpc) is 3.53. The summed E-state index contributed by atoms with van der Waals surface area (Å²) in [5, 5.41) is 8.18. The molecule has 1 fully saturated rings. The molecule has 1 unspecified atom stereocenters. The number of aromatic nitrogens is 4. The van der Waals surface area contributed by atoms with Crippen molar-refractivity contribution < 1.29 is 4.79 Å². The molecule has 1 aliphatic heterocycles. The fraction of sp³-hybridized carbons (Fsp3) is 0.292. The lowest BCUT2D eigenvalue weighted by Crippen LogP contribution is -2.36. The molecule has 5 rings (SSSR count). The summed E-state index contributed by atoms with van der Waals surface area (Å²) in [6.45, 7) is 3.61. The Morgan fingerprint density at radius 2 is 2.10 bits per heavy atom. The standard InChI is InChI=1S/C24H25N5O2/c1-16-7-11-28(12-8-17-14-25-21-5-3-2-4-19(17)21)23(30)22(16)24(31)29-13-9-18(15-29)20-6-10-26-27-20/h2-7,10-11,14,18,25H,8-9,12-13,15H2,1H3,(H,26,27). The summed E-state index contributed by atoms with van der Waals surface area (Å²) in [4.78, 5) is 31.5. The number of carbonyl (C=O) groups excluding carboxylic acids is 1. The van der Waals surface area contributed by atoms with Gasteiger partial charge in [-0.2, -0.15) is 5.10 Å². The molecule has 1 aromatic carbocycles. The minimum absolute atomic E-state index is 0.175. The van der Waals surface area contributed by atoms with E-state index in [2.05, 4.69) is 21.2 Å². The van der Waals surface area contributed by atoms with E-state index in [1.807, 2.05) is 43.5 Å². The normalized spacial score (nSPS) is 16.3. The molecule has 0 aliphatic carbocycles. The van der Waals surface area contributed by atoms with E-state index in [1.165, 1.54) is 5.39 Å². The molecule has 1 amide bonds. The molecular formula is C24H25N5O2. The van der Waals surface area contributed by atoms with Gasteiger partial charge in [-0.25, -0.2) is 0 Å². The molecule has 3 aromatic heterocycles. The lowest BCUT2D eigenvalue weighted by molar-refractivity contribution is 0.0787. The smallest absolute Gasteiger partial charge is 0.263 e. The molecule has 7 heteroatoms. The highest BCUT2D eigenvalue weighted by molar-refractivity contribution is 5.95. The first-order valence-electron chi connectivity index (χ1n) is 10.7. The molecule has 1 aliphatic rings. The quantitative estimate of drug-likeness (QED) is 0.525. The summed E-state index contributed by atoms with van der Waals surface area (Å²) < 4.78 is 1.66. The van der Waals surface area contributed by atoms with Crippen molar-refractivity contribution in [3.8, 4) is 0 Å². The second-order valence-electron chi connectivity index (χ2n) is 8.23. The largest absolute Gasteiger partial charge is 0.361 e. The van der Waals surface area contributed by atoms with Crippen molar-refractivity contribution in [2.45, 2.75) is 32.2 Å². The zero-order valence-corrected chi connectivity index (χ0v) is 17.5. The Morgan fingerprint density at radius 1 is 1.23 bits per heavy atom. The van der Waals surface area contributed by atoms with Crippen LogP contribution in [0.25, 0.3) is 10.9 Å². The van der Waals surface area contributed by atoms with E-state index in [9.17, 15) is 9.59 Å². The van der Waals surface area contributed by atoms with Gasteiger partial charge in [-0.05, 0) is 49.1 Å². The number of aromatic amines is 2. The topological polar surface area (TPSA) is 86.8 Å². The van der Waals surface area contributed by atoms with E-state index in [4.69, 9.17) is 0 Å². The monoisotopic (exact) mass is 415 g/mol. The van der Waals surface area contributed by atoms with Gasteiger partial charge in [0.25, 0.3) is 11.5 Å². The number of aryl methyl sites for hydroxylation is 3. The Hall–Kier alpha value is -3.61.